The smallest absolute Gasteiger partial charge is 0.238 e. The fourth-order valence-corrected chi connectivity index (χ4v) is 3.46. The second-order valence-corrected chi connectivity index (χ2v) is 9.92. The van der Waals surface area contributed by atoms with Crippen molar-refractivity contribution in [1.29, 1.82) is 0 Å². The average molecular weight is 439 g/mol. The zero-order valence-electron chi connectivity index (χ0n) is 15.7. The number of hydrogen-bond donors (Lipinski definition) is 1. The van der Waals surface area contributed by atoms with Crippen LogP contribution in [0.25, 0.3) is 11.3 Å². The molecule has 5 nitrogen and oxygen atoms in total. The van der Waals surface area contributed by atoms with Gasteiger partial charge in [0.2, 0.25) is 10.0 Å². The van der Waals surface area contributed by atoms with Gasteiger partial charge in [-0.1, -0.05) is 37.3 Å². The first-order chi connectivity index (χ1) is 13.3. The molecule has 28 heavy (non-hydrogen) atoms. The Morgan fingerprint density at radius 2 is 1.82 bits per heavy atom. The summed E-state index contributed by atoms with van der Waals surface area (Å²) in [6, 6.07) is 8.44. The molecular formula is C19H24FN3O2P2S. The highest BCUT2D eigenvalue weighted by molar-refractivity contribution is 7.89. The molecule has 0 bridgehead atoms. The molecule has 0 fully saturated rings. The third-order valence-electron chi connectivity index (χ3n) is 4.05. The second-order valence-electron chi connectivity index (χ2n) is 6.16. The van der Waals surface area contributed by atoms with E-state index in [1.807, 2.05) is 16.8 Å². The highest BCUT2D eigenvalue weighted by atomic mass is 32.2. The van der Waals surface area contributed by atoms with E-state index in [-0.39, 0.29) is 10.3 Å². The molecule has 1 aliphatic carbocycles. The molecule has 0 spiro atoms. The van der Waals surface area contributed by atoms with Crippen LogP contribution in [0.4, 0.5) is 4.39 Å². The molecule has 1 aliphatic rings. The average Bonchev–Trinajstić information content (AvgIpc) is 3.00. The first-order valence-electron chi connectivity index (χ1n) is 8.45. The lowest BCUT2D eigenvalue weighted by atomic mass is 10.1. The van der Waals surface area contributed by atoms with Gasteiger partial charge < -0.3 is 0 Å². The molecule has 1 aromatic carbocycles. The largest absolute Gasteiger partial charge is 0.255 e. The number of aromatic nitrogens is 2. The van der Waals surface area contributed by atoms with E-state index in [9.17, 15) is 12.8 Å². The summed E-state index contributed by atoms with van der Waals surface area (Å²) in [6.07, 6.45) is 10.4. The molecule has 3 rings (SSSR count). The molecule has 0 aliphatic heterocycles. The zero-order valence-corrected chi connectivity index (χ0v) is 18.8. The van der Waals surface area contributed by atoms with Gasteiger partial charge in [0.15, 0.2) is 0 Å². The normalized spacial score (nSPS) is 16.4. The van der Waals surface area contributed by atoms with Crippen LogP contribution in [-0.2, 0) is 10.0 Å². The van der Waals surface area contributed by atoms with Crippen molar-refractivity contribution in [3.63, 3.8) is 0 Å². The Morgan fingerprint density at radius 3 is 2.39 bits per heavy atom. The van der Waals surface area contributed by atoms with E-state index in [1.54, 1.807) is 12.1 Å². The van der Waals surface area contributed by atoms with Gasteiger partial charge in [0.25, 0.3) is 0 Å². The van der Waals surface area contributed by atoms with Gasteiger partial charge in [-0.2, -0.15) is 5.10 Å². The summed E-state index contributed by atoms with van der Waals surface area (Å²) >= 11 is 0. The summed E-state index contributed by atoms with van der Waals surface area (Å²) in [4.78, 5) is 0.0792. The number of benzene rings is 1. The molecule has 3 unspecified atom stereocenters. The number of allylic oxidation sites excluding steroid dienone is 6. The molecule has 3 atom stereocenters. The maximum atomic E-state index is 11.5. The maximum absolute atomic E-state index is 11.5. The van der Waals surface area contributed by atoms with Crippen LogP contribution in [0.5, 0.6) is 0 Å². The highest BCUT2D eigenvalue weighted by Crippen LogP contribution is 2.32. The monoisotopic (exact) mass is 439 g/mol. The summed E-state index contributed by atoms with van der Waals surface area (Å²) in [5.41, 5.74) is 3.65. The van der Waals surface area contributed by atoms with Crippen LogP contribution in [0.1, 0.15) is 23.7 Å². The van der Waals surface area contributed by atoms with Gasteiger partial charge in [-0.3, -0.25) is 4.39 Å². The van der Waals surface area contributed by atoms with Crippen LogP contribution in [0.15, 0.2) is 65.6 Å². The van der Waals surface area contributed by atoms with Gasteiger partial charge in [0, 0.05) is 5.40 Å². The lowest BCUT2D eigenvalue weighted by molar-refractivity contribution is 0.597. The third kappa shape index (κ3) is 5.45. The summed E-state index contributed by atoms with van der Waals surface area (Å²) in [7, 11) is 2.21. The van der Waals surface area contributed by atoms with E-state index < -0.39 is 10.0 Å². The van der Waals surface area contributed by atoms with E-state index in [0.29, 0.717) is 13.1 Å². The van der Waals surface area contributed by atoms with Crippen LogP contribution in [0.3, 0.4) is 0 Å². The Morgan fingerprint density at radius 1 is 1.18 bits per heavy atom. The Balaban J connectivity index is 0.00000136. The van der Waals surface area contributed by atoms with Crippen LogP contribution in [-0.4, -0.2) is 25.4 Å². The van der Waals surface area contributed by atoms with Gasteiger partial charge in [0.05, 0.1) is 29.1 Å². The number of nitrogens with zero attached hydrogens (tertiary/aromatic N) is 2. The summed E-state index contributed by atoms with van der Waals surface area (Å²) in [5, 5.41) is 9.99. The molecular weight excluding hydrogens is 415 g/mol. The lowest BCUT2D eigenvalue weighted by Gasteiger charge is -2.09. The minimum absolute atomic E-state index is 0.0792. The van der Waals surface area contributed by atoms with Gasteiger partial charge in [0.1, 0.15) is 0 Å². The molecule has 0 radical (unpaired) electrons. The molecule has 2 aromatic rings. The van der Waals surface area contributed by atoms with Crippen LogP contribution < -0.4 is 5.14 Å². The van der Waals surface area contributed by atoms with Crippen molar-refractivity contribution in [2.75, 3.05) is 7.18 Å². The van der Waals surface area contributed by atoms with Crippen molar-refractivity contribution < 1.29 is 12.8 Å². The number of nitrogens with two attached hydrogens (primary N) is 1. The van der Waals surface area contributed by atoms with E-state index >= 15 is 0 Å². The maximum Gasteiger partial charge on any atom is 0.238 e. The van der Waals surface area contributed by atoms with Gasteiger partial charge in [-0.05, 0) is 41.8 Å². The molecule has 9 heteroatoms. The standard InChI is InChI=1S/C18H21N3O2P2S.CH3F/c1-12-3-2-4-13(6-5-12)17-11-16(18(24)25)20-21(17)14-7-9-15(10-8-14)26(19,22)23;1-2/h2-12,18H,24-25H2,1H3,(H2,19,22,23);1H3. The van der Waals surface area contributed by atoms with Crippen molar-refractivity contribution in [2.45, 2.75) is 17.2 Å². The van der Waals surface area contributed by atoms with E-state index in [2.05, 4.69) is 49.7 Å². The van der Waals surface area contributed by atoms with Crippen LogP contribution in [0, 0.1) is 5.92 Å². The van der Waals surface area contributed by atoms with Crippen molar-refractivity contribution in [3.05, 3.63) is 72.1 Å². The molecule has 0 amide bonds. The number of alkyl halides is 1. The Hall–Kier alpha value is -1.65. The Labute approximate surface area is 170 Å². The first-order valence-corrected chi connectivity index (χ1v) is 11.3. The SMILES string of the molecule is CC1C=CC=C(c2cc(C(P)P)nn2-c2ccc(S(N)(=O)=O)cc2)C=C1.CF. The predicted octanol–water partition coefficient (Wildman–Crippen LogP) is 4.00. The summed E-state index contributed by atoms with van der Waals surface area (Å²) < 4.78 is 34.3. The van der Waals surface area contributed by atoms with Crippen molar-refractivity contribution in [2.24, 2.45) is 11.1 Å². The molecule has 0 saturated heterocycles. The molecule has 2 N–H and O–H groups in total. The topological polar surface area (TPSA) is 78.0 Å². The van der Waals surface area contributed by atoms with Gasteiger partial charge in [-0.25, -0.2) is 18.2 Å². The predicted molar refractivity (Wildman–Crippen MR) is 120 cm³/mol. The van der Waals surface area contributed by atoms with Gasteiger partial charge >= 0.3 is 0 Å². The second kappa shape index (κ2) is 9.71. The number of primary sulfonamides is 1. The fraction of sp³-hybridized carbons (Fsp3) is 0.211. The minimum Gasteiger partial charge on any atom is -0.255 e. The number of sulfonamides is 1. The molecule has 150 valence electrons. The number of rotatable bonds is 4. The van der Waals surface area contributed by atoms with Crippen LogP contribution in [0.2, 0.25) is 0 Å². The molecule has 1 aromatic heterocycles. The van der Waals surface area contributed by atoms with Crippen molar-refractivity contribution >= 4 is 34.1 Å². The van der Waals surface area contributed by atoms with Gasteiger partial charge in [-0.15, -0.1) is 18.5 Å². The Kier molecular flexibility index (Phi) is 7.85. The minimum atomic E-state index is -3.72. The molecule has 1 heterocycles. The zero-order chi connectivity index (χ0) is 20.9. The summed E-state index contributed by atoms with van der Waals surface area (Å²) in [5.74, 6) is 0.366. The fourth-order valence-electron chi connectivity index (χ4n) is 2.62. The quantitative estimate of drug-likeness (QED) is 0.732. The first kappa shape index (κ1) is 22.6. The lowest BCUT2D eigenvalue weighted by Crippen LogP contribution is -2.12. The van der Waals surface area contributed by atoms with Crippen molar-refractivity contribution in [1.82, 2.24) is 9.78 Å². The van der Waals surface area contributed by atoms with E-state index in [4.69, 9.17) is 10.2 Å². The highest BCUT2D eigenvalue weighted by Gasteiger charge is 2.16. The van der Waals surface area contributed by atoms with Crippen molar-refractivity contribution in [3.8, 4) is 5.69 Å². The third-order valence-corrected chi connectivity index (χ3v) is 5.66. The number of hydrogen-bond acceptors (Lipinski definition) is 3. The van der Waals surface area contributed by atoms with E-state index in [0.717, 1.165) is 22.6 Å². The Bertz CT molecular complexity index is 1010. The number of halogens is 1. The molecule has 0 saturated carbocycles. The summed E-state index contributed by atoms with van der Waals surface area (Å²) in [6.45, 7) is 2.12. The van der Waals surface area contributed by atoms with E-state index in [1.165, 1.54) is 12.1 Å². The van der Waals surface area contributed by atoms with Crippen LogP contribution >= 0.6 is 18.5 Å².